The number of nitrogens with zero attached hydrogens (tertiary/aromatic N) is 2. The van der Waals surface area contributed by atoms with Gasteiger partial charge in [0.1, 0.15) is 17.1 Å². The molecule has 0 saturated carbocycles. The summed E-state index contributed by atoms with van der Waals surface area (Å²) in [4.78, 5) is 8.53. The third-order valence-electron chi connectivity index (χ3n) is 4.87. The van der Waals surface area contributed by atoms with Crippen LogP contribution in [0, 0.1) is 6.92 Å². The average molecular weight is 409 g/mol. The minimum atomic E-state index is -4.42. The van der Waals surface area contributed by atoms with E-state index in [9.17, 15) is 18.3 Å². The molecule has 2 aromatic heterocycles. The summed E-state index contributed by atoms with van der Waals surface area (Å²) in [6.45, 7) is 1.91. The summed E-state index contributed by atoms with van der Waals surface area (Å²) in [5, 5.41) is 14.9. The van der Waals surface area contributed by atoms with Gasteiger partial charge in [-0.05, 0) is 48.4 Å². The molecule has 0 spiro atoms. The smallest absolute Gasteiger partial charge is 0.416 e. The number of aromatic nitrogens is 2. The van der Waals surface area contributed by atoms with Crippen LogP contribution >= 0.6 is 0 Å². The lowest BCUT2D eigenvalue weighted by Crippen LogP contribution is -2.14. The van der Waals surface area contributed by atoms with Crippen LogP contribution in [0.5, 0.6) is 5.75 Å². The molecule has 7 heteroatoms. The van der Waals surface area contributed by atoms with E-state index < -0.39 is 17.8 Å². The topological polar surface area (TPSA) is 58.0 Å². The zero-order valence-corrected chi connectivity index (χ0v) is 16.0. The molecule has 0 unspecified atom stereocenters. The Labute approximate surface area is 171 Å². The van der Waals surface area contributed by atoms with Gasteiger partial charge in [-0.1, -0.05) is 30.3 Å². The first-order valence-corrected chi connectivity index (χ1v) is 9.26. The van der Waals surface area contributed by atoms with Crippen LogP contribution in [0.3, 0.4) is 0 Å². The number of anilines is 1. The van der Waals surface area contributed by atoms with Crippen molar-refractivity contribution in [2.75, 3.05) is 5.32 Å². The molecule has 0 bridgehead atoms. The first-order chi connectivity index (χ1) is 14.3. The highest BCUT2D eigenvalue weighted by molar-refractivity contribution is 5.86. The summed E-state index contributed by atoms with van der Waals surface area (Å²) in [7, 11) is 0. The predicted octanol–water partition coefficient (Wildman–Crippen LogP) is 5.86. The molecule has 0 saturated heterocycles. The van der Waals surface area contributed by atoms with Crippen molar-refractivity contribution >= 4 is 16.7 Å². The maximum Gasteiger partial charge on any atom is 0.416 e. The Morgan fingerprint density at radius 2 is 1.70 bits per heavy atom. The Hall–Kier alpha value is -3.61. The summed E-state index contributed by atoms with van der Waals surface area (Å²) in [5.74, 6) is 0.513. The Morgan fingerprint density at radius 1 is 0.933 bits per heavy atom. The molecule has 0 fully saturated rings. The number of rotatable bonds is 4. The number of alkyl halides is 3. The molecule has 0 radical (unpaired) electrons. The predicted molar refractivity (Wildman–Crippen MR) is 109 cm³/mol. The fourth-order valence-corrected chi connectivity index (χ4v) is 3.35. The second kappa shape index (κ2) is 7.67. The summed E-state index contributed by atoms with van der Waals surface area (Å²) < 4.78 is 39.0. The lowest BCUT2D eigenvalue weighted by molar-refractivity contribution is -0.137. The zero-order valence-electron chi connectivity index (χ0n) is 16.0. The summed E-state index contributed by atoms with van der Waals surface area (Å²) in [6, 6.07) is 15.1. The first kappa shape index (κ1) is 19.7. The van der Waals surface area contributed by atoms with E-state index in [1.165, 1.54) is 12.1 Å². The van der Waals surface area contributed by atoms with Crippen molar-refractivity contribution in [2.45, 2.75) is 19.1 Å². The highest BCUT2D eigenvalue weighted by Crippen LogP contribution is 2.37. The highest BCUT2D eigenvalue weighted by Gasteiger charge is 2.30. The van der Waals surface area contributed by atoms with E-state index >= 15 is 0 Å². The fraction of sp³-hybridized carbons (Fsp3) is 0.130. The molecule has 0 aliphatic heterocycles. The van der Waals surface area contributed by atoms with Crippen molar-refractivity contribution in [2.24, 2.45) is 0 Å². The molecule has 2 N–H and O–H groups in total. The van der Waals surface area contributed by atoms with Gasteiger partial charge in [-0.15, -0.1) is 0 Å². The molecular formula is C23H18F3N3O. The minimum Gasteiger partial charge on any atom is -0.505 e. The second-order valence-corrected chi connectivity index (χ2v) is 6.99. The van der Waals surface area contributed by atoms with Gasteiger partial charge in [0.05, 0.1) is 11.6 Å². The maximum atomic E-state index is 13.0. The van der Waals surface area contributed by atoms with Crippen molar-refractivity contribution < 1.29 is 18.3 Å². The van der Waals surface area contributed by atoms with Crippen molar-refractivity contribution in [1.82, 2.24) is 9.97 Å². The largest absolute Gasteiger partial charge is 0.505 e. The third-order valence-corrected chi connectivity index (χ3v) is 4.87. The Morgan fingerprint density at radius 3 is 2.40 bits per heavy atom. The molecule has 4 rings (SSSR count). The van der Waals surface area contributed by atoms with Crippen LogP contribution in [0.25, 0.3) is 10.9 Å². The third kappa shape index (κ3) is 3.91. The number of phenols is 1. The van der Waals surface area contributed by atoms with Gasteiger partial charge in [-0.25, -0.2) is 4.98 Å². The summed E-state index contributed by atoms with van der Waals surface area (Å²) in [6.07, 6.45) is -1.20. The standard InChI is InChI=1S/C23H18F3N3O/c1-14-10-12-27-19(13-14)29-20(16-4-7-17(8-5-16)23(24,25)26)18-9-6-15-3-2-11-28-21(15)22(18)30/h2-13,20,30H,1H3,(H,27,29)/t20-/m1/s1. The van der Waals surface area contributed by atoms with Crippen LogP contribution in [-0.2, 0) is 6.18 Å². The number of fused-ring (bicyclic) bond motifs is 1. The van der Waals surface area contributed by atoms with E-state index in [0.717, 1.165) is 23.1 Å². The van der Waals surface area contributed by atoms with Crippen LogP contribution in [0.1, 0.15) is 28.3 Å². The lowest BCUT2D eigenvalue weighted by Gasteiger charge is -2.22. The molecule has 152 valence electrons. The molecule has 2 heterocycles. The van der Waals surface area contributed by atoms with Crippen molar-refractivity contribution in [3.63, 3.8) is 0 Å². The molecule has 2 aromatic carbocycles. The van der Waals surface area contributed by atoms with Gasteiger partial charge in [0.25, 0.3) is 0 Å². The molecule has 4 nitrogen and oxygen atoms in total. The van der Waals surface area contributed by atoms with Crippen LogP contribution in [0.15, 0.2) is 73.1 Å². The normalized spacial score (nSPS) is 12.7. The van der Waals surface area contributed by atoms with Crippen molar-refractivity contribution in [3.8, 4) is 5.75 Å². The van der Waals surface area contributed by atoms with E-state index in [0.29, 0.717) is 22.5 Å². The molecule has 1 atom stereocenters. The van der Waals surface area contributed by atoms with Gasteiger partial charge in [-0.2, -0.15) is 13.2 Å². The average Bonchev–Trinajstić information content (AvgIpc) is 2.72. The van der Waals surface area contributed by atoms with Gasteiger partial charge in [0.2, 0.25) is 0 Å². The van der Waals surface area contributed by atoms with Gasteiger partial charge in [0.15, 0.2) is 0 Å². The summed E-state index contributed by atoms with van der Waals surface area (Å²) >= 11 is 0. The molecule has 30 heavy (non-hydrogen) atoms. The van der Waals surface area contributed by atoms with Gasteiger partial charge in [-0.3, -0.25) is 4.98 Å². The molecule has 0 aliphatic carbocycles. The number of pyridine rings is 2. The maximum absolute atomic E-state index is 13.0. The number of nitrogens with one attached hydrogen (secondary N) is 1. The van der Waals surface area contributed by atoms with E-state index in [1.54, 1.807) is 24.5 Å². The Balaban J connectivity index is 1.82. The van der Waals surface area contributed by atoms with E-state index in [4.69, 9.17) is 0 Å². The number of hydrogen-bond donors (Lipinski definition) is 2. The Bertz CT molecular complexity index is 1190. The molecular weight excluding hydrogens is 391 g/mol. The number of aromatic hydroxyl groups is 1. The molecule has 0 amide bonds. The fourth-order valence-electron chi connectivity index (χ4n) is 3.35. The summed E-state index contributed by atoms with van der Waals surface area (Å²) in [5.41, 5.74) is 1.71. The number of aryl methyl sites for hydroxylation is 1. The van der Waals surface area contributed by atoms with Crippen LogP contribution in [0.4, 0.5) is 19.0 Å². The minimum absolute atomic E-state index is 0.0295. The van der Waals surface area contributed by atoms with Gasteiger partial charge < -0.3 is 10.4 Å². The molecule has 4 aromatic rings. The highest BCUT2D eigenvalue weighted by atomic mass is 19.4. The number of halogens is 3. The monoisotopic (exact) mass is 409 g/mol. The number of benzene rings is 2. The van der Waals surface area contributed by atoms with E-state index in [-0.39, 0.29) is 5.75 Å². The van der Waals surface area contributed by atoms with Gasteiger partial charge >= 0.3 is 6.18 Å². The first-order valence-electron chi connectivity index (χ1n) is 9.26. The lowest BCUT2D eigenvalue weighted by atomic mass is 9.95. The second-order valence-electron chi connectivity index (χ2n) is 6.99. The van der Waals surface area contributed by atoms with Crippen LogP contribution in [-0.4, -0.2) is 15.1 Å². The zero-order chi connectivity index (χ0) is 21.3. The van der Waals surface area contributed by atoms with E-state index in [2.05, 4.69) is 15.3 Å². The van der Waals surface area contributed by atoms with Gasteiger partial charge in [0, 0.05) is 23.3 Å². The quantitative estimate of drug-likeness (QED) is 0.443. The number of phenolic OH excluding ortho intramolecular Hbond substituents is 1. The SMILES string of the molecule is Cc1ccnc(N[C@H](c2ccc(C(F)(F)F)cc2)c2ccc3cccnc3c2O)c1. The van der Waals surface area contributed by atoms with Crippen LogP contribution in [0.2, 0.25) is 0 Å². The van der Waals surface area contributed by atoms with E-state index in [1.807, 2.05) is 31.2 Å². The van der Waals surface area contributed by atoms with Crippen LogP contribution < -0.4 is 5.32 Å². The van der Waals surface area contributed by atoms with Crippen molar-refractivity contribution in [1.29, 1.82) is 0 Å². The number of hydrogen-bond acceptors (Lipinski definition) is 4. The Kier molecular flexibility index (Phi) is 5.03. The molecule has 0 aliphatic rings. The van der Waals surface area contributed by atoms with Crippen molar-refractivity contribution in [3.05, 3.63) is 95.3 Å².